The lowest BCUT2D eigenvalue weighted by molar-refractivity contribution is -0.132. The minimum Gasteiger partial charge on any atom is -0.507 e. The molecule has 6 nitrogen and oxygen atoms in total. The van der Waals surface area contributed by atoms with Crippen molar-refractivity contribution in [3.8, 4) is 11.5 Å². The third kappa shape index (κ3) is 4.24. The third-order valence-corrected chi connectivity index (χ3v) is 6.61. The summed E-state index contributed by atoms with van der Waals surface area (Å²) < 4.78 is 11.1. The Bertz CT molecular complexity index is 1370. The lowest BCUT2D eigenvalue weighted by Gasteiger charge is -2.28. The normalized spacial score (nSPS) is 17.1. The van der Waals surface area contributed by atoms with Gasteiger partial charge in [-0.3, -0.25) is 14.5 Å². The molecule has 1 heterocycles. The van der Waals surface area contributed by atoms with Gasteiger partial charge in [-0.25, -0.2) is 0 Å². The van der Waals surface area contributed by atoms with E-state index in [1.54, 1.807) is 32.4 Å². The Balaban J connectivity index is 2.00. The van der Waals surface area contributed by atoms with Crippen LogP contribution in [0.3, 0.4) is 0 Å². The highest BCUT2D eigenvalue weighted by Crippen LogP contribution is 2.46. The molecule has 4 rings (SSSR count). The molecule has 3 aromatic rings. The second-order valence-corrected chi connectivity index (χ2v) is 9.31. The van der Waals surface area contributed by atoms with Gasteiger partial charge in [-0.05, 0) is 61.2 Å². The first-order chi connectivity index (χ1) is 17.2. The second-order valence-electron chi connectivity index (χ2n) is 9.31. The number of Topliss-reactive ketones (excluding diaryl/α,β-unsaturated/α-hetero) is 1. The van der Waals surface area contributed by atoms with Crippen molar-refractivity contribution in [2.45, 2.75) is 39.7 Å². The van der Waals surface area contributed by atoms with E-state index in [2.05, 4.69) is 0 Å². The molecule has 0 spiro atoms. The van der Waals surface area contributed by atoms with E-state index in [1.165, 1.54) is 4.90 Å². The van der Waals surface area contributed by atoms with Crippen molar-refractivity contribution >= 4 is 23.1 Å². The van der Waals surface area contributed by atoms with Crippen LogP contribution in [-0.4, -0.2) is 31.0 Å². The number of hydrogen-bond acceptors (Lipinski definition) is 5. The van der Waals surface area contributed by atoms with Gasteiger partial charge in [-0.2, -0.15) is 0 Å². The SMILES string of the molecule is COc1ccc(/C(O)=C2\C(=O)C(=O)N(c3ccc(C)cc3C)C2c2ccccc2OC)cc1C(C)C. The number of methoxy groups -OCH3 is 2. The van der Waals surface area contributed by atoms with Crippen LogP contribution < -0.4 is 14.4 Å². The van der Waals surface area contributed by atoms with Crippen LogP contribution in [0.15, 0.2) is 66.2 Å². The van der Waals surface area contributed by atoms with E-state index in [9.17, 15) is 14.7 Å². The number of benzene rings is 3. The number of aliphatic hydroxyl groups excluding tert-OH is 1. The lowest BCUT2D eigenvalue weighted by atomic mass is 9.92. The van der Waals surface area contributed by atoms with Gasteiger partial charge in [-0.15, -0.1) is 0 Å². The van der Waals surface area contributed by atoms with E-state index in [0.29, 0.717) is 28.3 Å². The van der Waals surface area contributed by atoms with Gasteiger partial charge in [0.2, 0.25) is 0 Å². The van der Waals surface area contributed by atoms with Gasteiger partial charge < -0.3 is 14.6 Å². The maximum absolute atomic E-state index is 13.5. The summed E-state index contributed by atoms with van der Waals surface area (Å²) in [6.07, 6.45) is 0. The number of aryl methyl sites for hydroxylation is 2. The van der Waals surface area contributed by atoms with Crippen molar-refractivity contribution in [1.82, 2.24) is 0 Å². The Morgan fingerprint density at radius 2 is 1.61 bits per heavy atom. The Hall–Kier alpha value is -4.06. The van der Waals surface area contributed by atoms with Gasteiger partial charge in [0, 0.05) is 16.8 Å². The topological polar surface area (TPSA) is 76.1 Å². The van der Waals surface area contributed by atoms with Crippen LogP contribution in [0, 0.1) is 13.8 Å². The molecule has 0 aliphatic carbocycles. The monoisotopic (exact) mass is 485 g/mol. The Kier molecular flexibility index (Phi) is 6.88. The maximum atomic E-state index is 13.5. The van der Waals surface area contributed by atoms with E-state index in [-0.39, 0.29) is 17.3 Å². The van der Waals surface area contributed by atoms with Gasteiger partial charge in [0.25, 0.3) is 11.7 Å². The lowest BCUT2D eigenvalue weighted by Crippen LogP contribution is -2.30. The van der Waals surface area contributed by atoms with Crippen LogP contribution in [0.2, 0.25) is 0 Å². The summed E-state index contributed by atoms with van der Waals surface area (Å²) in [6, 6.07) is 17.3. The first-order valence-corrected chi connectivity index (χ1v) is 11.9. The third-order valence-electron chi connectivity index (χ3n) is 6.61. The molecule has 186 valence electrons. The number of anilines is 1. The fraction of sp³-hybridized carbons (Fsp3) is 0.267. The van der Waals surface area contributed by atoms with Crippen molar-refractivity contribution in [2.75, 3.05) is 19.1 Å². The van der Waals surface area contributed by atoms with Gasteiger partial charge >= 0.3 is 0 Å². The molecular weight excluding hydrogens is 454 g/mol. The molecule has 0 radical (unpaired) electrons. The van der Waals surface area contributed by atoms with E-state index >= 15 is 0 Å². The number of rotatable bonds is 6. The van der Waals surface area contributed by atoms with Gasteiger partial charge in [0.15, 0.2) is 0 Å². The molecule has 0 aromatic heterocycles. The summed E-state index contributed by atoms with van der Waals surface area (Å²) in [4.78, 5) is 28.5. The van der Waals surface area contributed by atoms with E-state index in [0.717, 1.165) is 16.7 Å². The van der Waals surface area contributed by atoms with Crippen LogP contribution in [-0.2, 0) is 9.59 Å². The van der Waals surface area contributed by atoms with Crippen molar-refractivity contribution in [2.24, 2.45) is 0 Å². The van der Waals surface area contributed by atoms with Crippen LogP contribution in [0.5, 0.6) is 11.5 Å². The number of aliphatic hydroxyl groups is 1. The number of carbonyl (C=O) groups is 2. The zero-order valence-corrected chi connectivity index (χ0v) is 21.5. The predicted molar refractivity (Wildman–Crippen MR) is 141 cm³/mol. The second kappa shape index (κ2) is 9.90. The van der Waals surface area contributed by atoms with Crippen LogP contribution in [0.4, 0.5) is 5.69 Å². The molecule has 6 heteroatoms. The summed E-state index contributed by atoms with van der Waals surface area (Å²) in [5, 5.41) is 11.6. The predicted octanol–water partition coefficient (Wildman–Crippen LogP) is 6.07. The summed E-state index contributed by atoms with van der Waals surface area (Å²) in [6.45, 7) is 7.92. The average molecular weight is 486 g/mol. The molecule has 1 fully saturated rings. The summed E-state index contributed by atoms with van der Waals surface area (Å²) in [5.41, 5.74) is 4.46. The molecule has 1 aliphatic rings. The Morgan fingerprint density at radius 1 is 0.917 bits per heavy atom. The molecule has 0 saturated carbocycles. The molecule has 1 amide bonds. The fourth-order valence-electron chi connectivity index (χ4n) is 4.83. The minimum atomic E-state index is -0.868. The molecule has 3 aromatic carbocycles. The number of ketones is 1. The molecule has 1 aliphatic heterocycles. The number of hydrogen-bond donors (Lipinski definition) is 1. The van der Waals surface area contributed by atoms with E-state index < -0.39 is 17.7 Å². The molecular formula is C30H31NO5. The van der Waals surface area contributed by atoms with Gasteiger partial charge in [0.05, 0.1) is 25.8 Å². The Morgan fingerprint density at radius 3 is 2.25 bits per heavy atom. The van der Waals surface area contributed by atoms with Crippen LogP contribution in [0.1, 0.15) is 53.6 Å². The number of amides is 1. The zero-order chi connectivity index (χ0) is 26.1. The highest BCUT2D eigenvalue weighted by Gasteiger charge is 2.48. The number of nitrogens with zero attached hydrogens (tertiary/aromatic N) is 1. The van der Waals surface area contributed by atoms with Gasteiger partial charge in [0.1, 0.15) is 17.3 Å². The highest BCUT2D eigenvalue weighted by atomic mass is 16.5. The number of carbonyl (C=O) groups excluding carboxylic acids is 2. The van der Waals surface area contributed by atoms with Crippen molar-refractivity contribution in [1.29, 1.82) is 0 Å². The summed E-state index contributed by atoms with van der Waals surface area (Å²) in [7, 11) is 3.14. The molecule has 36 heavy (non-hydrogen) atoms. The van der Waals surface area contributed by atoms with Crippen molar-refractivity contribution in [3.05, 3.63) is 94.1 Å². The van der Waals surface area contributed by atoms with Crippen molar-refractivity contribution < 1.29 is 24.2 Å². The van der Waals surface area contributed by atoms with Crippen molar-refractivity contribution in [3.63, 3.8) is 0 Å². The Labute approximate surface area is 211 Å². The molecule has 1 unspecified atom stereocenters. The van der Waals surface area contributed by atoms with Gasteiger partial charge in [-0.1, -0.05) is 49.7 Å². The largest absolute Gasteiger partial charge is 0.507 e. The fourth-order valence-corrected chi connectivity index (χ4v) is 4.83. The molecule has 1 atom stereocenters. The quantitative estimate of drug-likeness (QED) is 0.261. The molecule has 0 bridgehead atoms. The van der Waals surface area contributed by atoms with E-state index in [4.69, 9.17) is 9.47 Å². The standard InChI is InChI=1S/C30H31NO5/c1-17(2)22-16-20(12-14-25(22)36-6)28(32)26-27(21-9-7-8-10-24(21)35-5)31(30(34)29(26)33)23-13-11-18(3)15-19(23)4/h7-17,27,32H,1-6H3/b28-26+. The smallest absolute Gasteiger partial charge is 0.300 e. The summed E-state index contributed by atoms with van der Waals surface area (Å²) >= 11 is 0. The molecule has 1 N–H and O–H groups in total. The van der Waals surface area contributed by atoms with Crippen LogP contribution >= 0.6 is 0 Å². The van der Waals surface area contributed by atoms with E-state index in [1.807, 2.05) is 70.2 Å². The first-order valence-electron chi connectivity index (χ1n) is 11.9. The maximum Gasteiger partial charge on any atom is 0.300 e. The number of ether oxygens (including phenoxy) is 2. The number of para-hydroxylation sites is 1. The molecule has 1 saturated heterocycles. The average Bonchev–Trinajstić information content (AvgIpc) is 3.13. The summed E-state index contributed by atoms with van der Waals surface area (Å²) in [5.74, 6) is -0.347. The minimum absolute atomic E-state index is 0.0179. The first kappa shape index (κ1) is 25.0. The zero-order valence-electron chi connectivity index (χ0n) is 21.5. The highest BCUT2D eigenvalue weighted by molar-refractivity contribution is 6.51. The van der Waals surface area contributed by atoms with Crippen LogP contribution in [0.25, 0.3) is 5.76 Å².